The molecule has 0 aliphatic rings. The fraction of sp³-hybridized carbons (Fsp3) is 0.765. The highest BCUT2D eigenvalue weighted by Crippen LogP contribution is 2.15. The Labute approximate surface area is 113 Å². The summed E-state index contributed by atoms with van der Waals surface area (Å²) in [5.41, 5.74) is 0. The molecular formula is C17H28O. The van der Waals surface area contributed by atoms with Gasteiger partial charge >= 0.3 is 0 Å². The summed E-state index contributed by atoms with van der Waals surface area (Å²) in [7, 11) is 0. The van der Waals surface area contributed by atoms with Crippen molar-refractivity contribution < 1.29 is 5.11 Å². The quantitative estimate of drug-likeness (QED) is 0.480. The maximum atomic E-state index is 8.44. The van der Waals surface area contributed by atoms with Crippen LogP contribution >= 0.6 is 0 Å². The second kappa shape index (κ2) is 14.1. The molecule has 0 saturated carbocycles. The number of hydrogen-bond acceptors (Lipinski definition) is 1. The van der Waals surface area contributed by atoms with Crippen LogP contribution in [0.5, 0.6) is 0 Å². The van der Waals surface area contributed by atoms with Crippen molar-refractivity contribution in [3.8, 4) is 23.7 Å². The molecule has 1 unspecified atom stereocenters. The molecule has 0 saturated heterocycles. The molecule has 1 N–H and O–H groups in total. The van der Waals surface area contributed by atoms with Crippen molar-refractivity contribution in [2.45, 2.75) is 71.6 Å². The van der Waals surface area contributed by atoms with Crippen LogP contribution in [-0.4, -0.2) is 11.7 Å². The summed E-state index contributed by atoms with van der Waals surface area (Å²) in [6.07, 6.45) is 11.7. The van der Waals surface area contributed by atoms with Crippen LogP contribution in [0.15, 0.2) is 0 Å². The van der Waals surface area contributed by atoms with E-state index in [9.17, 15) is 0 Å². The van der Waals surface area contributed by atoms with Gasteiger partial charge in [-0.15, -0.1) is 0 Å². The Balaban J connectivity index is 3.36. The van der Waals surface area contributed by atoms with Gasteiger partial charge in [0.05, 0.1) is 0 Å². The molecular weight excluding hydrogens is 220 g/mol. The highest BCUT2D eigenvalue weighted by Gasteiger charge is 2.00. The molecule has 0 bridgehead atoms. The highest BCUT2D eigenvalue weighted by atomic mass is 16.2. The SMILES string of the molecule is CCCCCCCCC(C)CCC#CC#CCO. The van der Waals surface area contributed by atoms with Gasteiger partial charge in [0.2, 0.25) is 0 Å². The summed E-state index contributed by atoms with van der Waals surface area (Å²) < 4.78 is 0. The van der Waals surface area contributed by atoms with E-state index < -0.39 is 0 Å². The molecule has 0 rings (SSSR count). The van der Waals surface area contributed by atoms with E-state index in [2.05, 4.69) is 37.5 Å². The van der Waals surface area contributed by atoms with E-state index in [1.54, 1.807) is 0 Å². The number of hydrogen-bond donors (Lipinski definition) is 1. The summed E-state index contributed by atoms with van der Waals surface area (Å²) in [6.45, 7) is 4.48. The van der Waals surface area contributed by atoms with E-state index in [0.717, 1.165) is 12.3 Å². The highest BCUT2D eigenvalue weighted by molar-refractivity contribution is 5.25. The number of unbranched alkanes of at least 4 members (excludes halogenated alkanes) is 5. The topological polar surface area (TPSA) is 20.2 Å². The molecule has 102 valence electrons. The minimum atomic E-state index is -0.0941. The van der Waals surface area contributed by atoms with Gasteiger partial charge in [0.25, 0.3) is 0 Å². The lowest BCUT2D eigenvalue weighted by Crippen LogP contribution is -1.94. The minimum Gasteiger partial charge on any atom is -0.384 e. The van der Waals surface area contributed by atoms with Gasteiger partial charge in [-0.25, -0.2) is 0 Å². The van der Waals surface area contributed by atoms with Gasteiger partial charge in [-0.1, -0.05) is 70.6 Å². The van der Waals surface area contributed by atoms with Gasteiger partial charge < -0.3 is 5.11 Å². The first-order valence-corrected chi connectivity index (χ1v) is 7.37. The first-order valence-electron chi connectivity index (χ1n) is 7.37. The van der Waals surface area contributed by atoms with Crippen LogP contribution in [0.2, 0.25) is 0 Å². The zero-order valence-corrected chi connectivity index (χ0v) is 12.1. The number of aliphatic hydroxyl groups excluding tert-OH is 1. The Kier molecular flexibility index (Phi) is 13.4. The van der Waals surface area contributed by atoms with E-state index in [-0.39, 0.29) is 6.61 Å². The van der Waals surface area contributed by atoms with Gasteiger partial charge in [-0.05, 0) is 24.2 Å². The molecule has 0 aromatic rings. The standard InChI is InChI=1S/C17H28O/c1-3-4-5-6-8-11-14-17(2)15-12-9-7-10-13-16-18/h17-18H,3-6,8,11-12,14-16H2,1-2H3. The van der Waals surface area contributed by atoms with Gasteiger partial charge in [0.1, 0.15) is 6.61 Å². The van der Waals surface area contributed by atoms with Crippen molar-refractivity contribution in [2.75, 3.05) is 6.61 Å². The van der Waals surface area contributed by atoms with E-state index in [0.29, 0.717) is 0 Å². The lowest BCUT2D eigenvalue weighted by Gasteiger charge is -2.08. The smallest absolute Gasteiger partial charge is 0.105 e. The van der Waals surface area contributed by atoms with Gasteiger partial charge in [-0.2, -0.15) is 0 Å². The fourth-order valence-corrected chi connectivity index (χ4v) is 1.93. The molecule has 1 nitrogen and oxygen atoms in total. The van der Waals surface area contributed by atoms with Crippen LogP contribution in [0.3, 0.4) is 0 Å². The maximum Gasteiger partial charge on any atom is 0.105 e. The average molecular weight is 248 g/mol. The predicted molar refractivity (Wildman–Crippen MR) is 79.0 cm³/mol. The second-order valence-corrected chi connectivity index (χ2v) is 4.96. The third kappa shape index (κ3) is 13.1. The van der Waals surface area contributed by atoms with Gasteiger partial charge in [0.15, 0.2) is 0 Å². The molecule has 0 fully saturated rings. The van der Waals surface area contributed by atoms with Gasteiger partial charge in [0, 0.05) is 6.42 Å². The van der Waals surface area contributed by atoms with Crippen molar-refractivity contribution in [1.29, 1.82) is 0 Å². The predicted octanol–water partition coefficient (Wildman–Crippen LogP) is 4.15. The summed E-state index contributed by atoms with van der Waals surface area (Å²) in [5, 5.41) is 8.44. The molecule has 0 amide bonds. The van der Waals surface area contributed by atoms with Crippen LogP contribution in [0.1, 0.15) is 71.6 Å². The molecule has 0 radical (unpaired) electrons. The zero-order valence-electron chi connectivity index (χ0n) is 12.1. The van der Waals surface area contributed by atoms with Crippen LogP contribution < -0.4 is 0 Å². The molecule has 0 aromatic heterocycles. The number of aliphatic hydroxyl groups is 1. The Morgan fingerprint density at radius 2 is 1.56 bits per heavy atom. The van der Waals surface area contributed by atoms with Crippen molar-refractivity contribution in [1.82, 2.24) is 0 Å². The van der Waals surface area contributed by atoms with Crippen LogP contribution in [0.25, 0.3) is 0 Å². The average Bonchev–Trinajstić information content (AvgIpc) is 2.38. The van der Waals surface area contributed by atoms with E-state index in [4.69, 9.17) is 5.11 Å². The lowest BCUT2D eigenvalue weighted by atomic mass is 9.98. The van der Waals surface area contributed by atoms with E-state index >= 15 is 0 Å². The Morgan fingerprint density at radius 1 is 0.889 bits per heavy atom. The summed E-state index contributed by atoms with van der Waals surface area (Å²) >= 11 is 0. The molecule has 1 atom stereocenters. The maximum absolute atomic E-state index is 8.44. The van der Waals surface area contributed by atoms with Crippen LogP contribution in [0.4, 0.5) is 0 Å². The van der Waals surface area contributed by atoms with E-state index in [1.807, 2.05) is 0 Å². The Bertz CT molecular complexity index is 284. The fourth-order valence-electron chi connectivity index (χ4n) is 1.93. The zero-order chi connectivity index (χ0) is 13.5. The largest absolute Gasteiger partial charge is 0.384 e. The van der Waals surface area contributed by atoms with Gasteiger partial charge in [-0.3, -0.25) is 0 Å². The Morgan fingerprint density at radius 3 is 2.28 bits per heavy atom. The third-order valence-electron chi connectivity index (χ3n) is 3.13. The van der Waals surface area contributed by atoms with Crippen LogP contribution in [-0.2, 0) is 0 Å². The van der Waals surface area contributed by atoms with Crippen molar-refractivity contribution in [3.63, 3.8) is 0 Å². The summed E-state index contributed by atoms with van der Waals surface area (Å²) in [6, 6.07) is 0. The monoisotopic (exact) mass is 248 g/mol. The molecule has 0 aromatic carbocycles. The summed E-state index contributed by atoms with van der Waals surface area (Å²) in [4.78, 5) is 0. The summed E-state index contributed by atoms with van der Waals surface area (Å²) in [5.74, 6) is 11.7. The number of rotatable bonds is 9. The lowest BCUT2D eigenvalue weighted by molar-refractivity contribution is 0.350. The normalized spacial score (nSPS) is 11.1. The van der Waals surface area contributed by atoms with Crippen molar-refractivity contribution >= 4 is 0 Å². The first-order chi connectivity index (χ1) is 8.81. The minimum absolute atomic E-state index is 0.0941. The Hall–Kier alpha value is -0.920. The van der Waals surface area contributed by atoms with Crippen LogP contribution in [0, 0.1) is 29.6 Å². The molecule has 1 heteroatoms. The molecule has 18 heavy (non-hydrogen) atoms. The third-order valence-corrected chi connectivity index (χ3v) is 3.13. The van der Waals surface area contributed by atoms with Crippen molar-refractivity contribution in [2.24, 2.45) is 5.92 Å². The molecule has 0 spiro atoms. The van der Waals surface area contributed by atoms with E-state index in [1.165, 1.54) is 51.4 Å². The second-order valence-electron chi connectivity index (χ2n) is 4.96. The molecule has 0 aliphatic heterocycles. The molecule has 0 aliphatic carbocycles. The van der Waals surface area contributed by atoms with Crippen molar-refractivity contribution in [3.05, 3.63) is 0 Å². The molecule has 0 heterocycles. The first kappa shape index (κ1) is 17.1.